The summed E-state index contributed by atoms with van der Waals surface area (Å²) in [6.07, 6.45) is 3.16. The van der Waals surface area contributed by atoms with Crippen molar-refractivity contribution in [3.05, 3.63) is 89.7 Å². The predicted molar refractivity (Wildman–Crippen MR) is 104 cm³/mol. The van der Waals surface area contributed by atoms with Crippen LogP contribution in [0.15, 0.2) is 73.1 Å². The largest absolute Gasteiger partial charge is 0.465 e. The van der Waals surface area contributed by atoms with Crippen LogP contribution < -0.4 is 10.6 Å². The maximum atomic E-state index is 12.5. The highest BCUT2D eigenvalue weighted by Gasteiger charge is 2.10. The Hall–Kier alpha value is -3.67. The van der Waals surface area contributed by atoms with Crippen LogP contribution in [0.3, 0.4) is 0 Å². The SMILES string of the molecule is COC(=O)c1cccc(NC(=O)c2cncc(NCc3ccccc3)c2)c1. The van der Waals surface area contributed by atoms with Gasteiger partial charge in [0.1, 0.15) is 0 Å². The Labute approximate surface area is 157 Å². The van der Waals surface area contributed by atoms with Crippen molar-refractivity contribution in [2.24, 2.45) is 0 Å². The number of rotatable bonds is 6. The lowest BCUT2D eigenvalue weighted by Crippen LogP contribution is -2.13. The van der Waals surface area contributed by atoms with Crippen LogP contribution in [0, 0.1) is 0 Å². The second kappa shape index (κ2) is 8.62. The van der Waals surface area contributed by atoms with E-state index < -0.39 is 5.97 Å². The van der Waals surface area contributed by atoms with E-state index >= 15 is 0 Å². The minimum atomic E-state index is -0.458. The summed E-state index contributed by atoms with van der Waals surface area (Å²) in [6, 6.07) is 18.2. The molecule has 3 rings (SSSR count). The van der Waals surface area contributed by atoms with E-state index in [1.807, 2.05) is 30.3 Å². The van der Waals surface area contributed by atoms with Crippen molar-refractivity contribution < 1.29 is 14.3 Å². The summed E-state index contributed by atoms with van der Waals surface area (Å²) < 4.78 is 4.69. The number of benzene rings is 2. The van der Waals surface area contributed by atoms with Gasteiger partial charge < -0.3 is 15.4 Å². The Morgan fingerprint density at radius 3 is 2.48 bits per heavy atom. The van der Waals surface area contributed by atoms with E-state index in [4.69, 9.17) is 4.74 Å². The Balaban J connectivity index is 1.67. The van der Waals surface area contributed by atoms with E-state index in [2.05, 4.69) is 15.6 Å². The van der Waals surface area contributed by atoms with Crippen molar-refractivity contribution in [1.29, 1.82) is 0 Å². The highest BCUT2D eigenvalue weighted by atomic mass is 16.5. The van der Waals surface area contributed by atoms with Crippen LogP contribution in [0.1, 0.15) is 26.3 Å². The van der Waals surface area contributed by atoms with Crippen LogP contribution in [0.2, 0.25) is 0 Å². The lowest BCUT2D eigenvalue weighted by Gasteiger charge is -2.09. The molecule has 1 amide bonds. The van der Waals surface area contributed by atoms with Gasteiger partial charge in [-0.3, -0.25) is 9.78 Å². The van der Waals surface area contributed by atoms with Crippen molar-refractivity contribution in [3.63, 3.8) is 0 Å². The first-order chi connectivity index (χ1) is 13.2. The Morgan fingerprint density at radius 1 is 0.926 bits per heavy atom. The Kier molecular flexibility index (Phi) is 5.79. The highest BCUT2D eigenvalue weighted by molar-refractivity contribution is 6.05. The summed E-state index contributed by atoms with van der Waals surface area (Å²) in [7, 11) is 1.31. The fraction of sp³-hybridized carbons (Fsp3) is 0.0952. The van der Waals surface area contributed by atoms with E-state index in [1.54, 1.807) is 36.5 Å². The Bertz CT molecular complexity index is 942. The molecule has 2 N–H and O–H groups in total. The first kappa shape index (κ1) is 18.1. The minimum absolute atomic E-state index is 0.312. The molecule has 1 heterocycles. The summed E-state index contributed by atoms with van der Waals surface area (Å²) in [5, 5.41) is 6.01. The molecule has 0 unspecified atom stereocenters. The van der Waals surface area contributed by atoms with E-state index in [1.165, 1.54) is 13.3 Å². The van der Waals surface area contributed by atoms with Crippen LogP contribution in [0.4, 0.5) is 11.4 Å². The first-order valence-electron chi connectivity index (χ1n) is 8.38. The molecule has 0 saturated carbocycles. The number of methoxy groups -OCH3 is 1. The summed E-state index contributed by atoms with van der Waals surface area (Å²) in [5.74, 6) is -0.771. The number of amides is 1. The number of ether oxygens (including phenoxy) is 1. The molecule has 0 aliphatic carbocycles. The molecule has 136 valence electrons. The molecule has 0 fully saturated rings. The van der Waals surface area contributed by atoms with Gasteiger partial charge >= 0.3 is 5.97 Å². The highest BCUT2D eigenvalue weighted by Crippen LogP contribution is 2.15. The quantitative estimate of drug-likeness (QED) is 0.654. The fourth-order valence-electron chi connectivity index (χ4n) is 2.51. The maximum Gasteiger partial charge on any atom is 0.337 e. The van der Waals surface area contributed by atoms with Gasteiger partial charge in [-0.05, 0) is 29.8 Å². The molecular weight excluding hydrogens is 342 g/mol. The van der Waals surface area contributed by atoms with E-state index in [9.17, 15) is 9.59 Å². The maximum absolute atomic E-state index is 12.5. The number of esters is 1. The van der Waals surface area contributed by atoms with Crippen LogP contribution in [-0.2, 0) is 11.3 Å². The number of nitrogens with zero attached hydrogens (tertiary/aromatic N) is 1. The van der Waals surface area contributed by atoms with Crippen molar-refractivity contribution in [1.82, 2.24) is 4.98 Å². The molecule has 27 heavy (non-hydrogen) atoms. The number of anilines is 2. The number of hydrogen-bond acceptors (Lipinski definition) is 5. The molecule has 0 saturated heterocycles. The normalized spacial score (nSPS) is 10.1. The third-order valence-corrected chi connectivity index (χ3v) is 3.88. The van der Waals surface area contributed by atoms with Crippen LogP contribution in [0.5, 0.6) is 0 Å². The van der Waals surface area contributed by atoms with Crippen molar-refractivity contribution >= 4 is 23.3 Å². The van der Waals surface area contributed by atoms with Gasteiger partial charge in [0.05, 0.1) is 23.9 Å². The fourth-order valence-corrected chi connectivity index (χ4v) is 2.51. The zero-order chi connectivity index (χ0) is 19.1. The topological polar surface area (TPSA) is 80.3 Å². The van der Waals surface area contributed by atoms with Crippen LogP contribution >= 0.6 is 0 Å². The molecule has 3 aromatic rings. The third-order valence-electron chi connectivity index (χ3n) is 3.88. The number of carbonyl (C=O) groups is 2. The second-order valence-corrected chi connectivity index (χ2v) is 5.83. The van der Waals surface area contributed by atoms with Gasteiger partial charge in [0, 0.05) is 24.6 Å². The van der Waals surface area contributed by atoms with E-state index in [0.717, 1.165) is 11.3 Å². The van der Waals surface area contributed by atoms with Crippen LogP contribution in [-0.4, -0.2) is 24.0 Å². The predicted octanol–water partition coefficient (Wildman–Crippen LogP) is 3.73. The summed E-state index contributed by atoms with van der Waals surface area (Å²) >= 11 is 0. The summed E-state index contributed by atoms with van der Waals surface area (Å²) in [5.41, 5.74) is 3.16. The molecule has 0 aliphatic heterocycles. The molecule has 1 aromatic heterocycles. The van der Waals surface area contributed by atoms with Gasteiger partial charge in [-0.1, -0.05) is 36.4 Å². The average Bonchev–Trinajstić information content (AvgIpc) is 2.73. The van der Waals surface area contributed by atoms with E-state index in [-0.39, 0.29) is 5.91 Å². The molecule has 0 radical (unpaired) electrons. The lowest BCUT2D eigenvalue weighted by atomic mass is 10.2. The van der Waals surface area contributed by atoms with Gasteiger partial charge in [0.25, 0.3) is 5.91 Å². The van der Waals surface area contributed by atoms with Crippen molar-refractivity contribution in [2.75, 3.05) is 17.7 Å². The second-order valence-electron chi connectivity index (χ2n) is 5.83. The molecule has 6 heteroatoms. The minimum Gasteiger partial charge on any atom is -0.465 e. The Morgan fingerprint density at radius 2 is 1.70 bits per heavy atom. The standard InChI is InChI=1S/C21H19N3O3/c1-27-21(26)16-8-5-9-18(10-16)24-20(25)17-11-19(14-22-13-17)23-12-15-6-3-2-4-7-15/h2-11,13-14,23H,12H2,1H3,(H,24,25). The molecule has 0 atom stereocenters. The molecule has 0 spiro atoms. The van der Waals surface area contributed by atoms with Crippen molar-refractivity contribution in [3.8, 4) is 0 Å². The molecular formula is C21H19N3O3. The third kappa shape index (κ3) is 4.92. The number of pyridine rings is 1. The molecule has 2 aromatic carbocycles. The van der Waals surface area contributed by atoms with Gasteiger partial charge in [-0.2, -0.15) is 0 Å². The number of nitrogens with one attached hydrogen (secondary N) is 2. The lowest BCUT2D eigenvalue weighted by molar-refractivity contribution is 0.0600. The monoisotopic (exact) mass is 361 g/mol. The zero-order valence-corrected chi connectivity index (χ0v) is 14.8. The van der Waals surface area contributed by atoms with Gasteiger partial charge in [-0.25, -0.2) is 4.79 Å². The van der Waals surface area contributed by atoms with Crippen molar-refractivity contribution in [2.45, 2.75) is 6.54 Å². The first-order valence-corrected chi connectivity index (χ1v) is 8.38. The van der Waals surface area contributed by atoms with Gasteiger partial charge in [0.15, 0.2) is 0 Å². The summed E-state index contributed by atoms with van der Waals surface area (Å²) in [6.45, 7) is 0.634. The molecule has 6 nitrogen and oxygen atoms in total. The molecule has 0 bridgehead atoms. The smallest absolute Gasteiger partial charge is 0.337 e. The van der Waals surface area contributed by atoms with Crippen LogP contribution in [0.25, 0.3) is 0 Å². The van der Waals surface area contributed by atoms with Gasteiger partial charge in [0.2, 0.25) is 0 Å². The van der Waals surface area contributed by atoms with E-state index in [0.29, 0.717) is 23.4 Å². The number of carbonyl (C=O) groups excluding carboxylic acids is 2. The molecule has 0 aliphatic rings. The van der Waals surface area contributed by atoms with Gasteiger partial charge in [-0.15, -0.1) is 0 Å². The average molecular weight is 361 g/mol. The number of hydrogen-bond donors (Lipinski definition) is 2. The summed E-state index contributed by atoms with van der Waals surface area (Å²) in [4.78, 5) is 28.2. The number of aromatic nitrogens is 1. The zero-order valence-electron chi connectivity index (χ0n) is 14.8.